The van der Waals surface area contributed by atoms with E-state index in [-0.39, 0.29) is 6.61 Å². The second-order valence-electron chi connectivity index (χ2n) is 2.61. The zero-order valence-electron chi connectivity index (χ0n) is 5.92. The fourth-order valence-electron chi connectivity index (χ4n) is 1.07. The van der Waals surface area contributed by atoms with Gasteiger partial charge in [-0.3, -0.25) is 0 Å². The molecule has 0 aromatic carbocycles. The molecule has 0 spiro atoms. The van der Waals surface area contributed by atoms with Crippen LogP contribution in [0.1, 0.15) is 0 Å². The minimum absolute atomic E-state index is 0.374. The number of thioether (sulfide) groups is 1. The molecule has 4 nitrogen and oxygen atoms in total. The highest BCUT2D eigenvalue weighted by molar-refractivity contribution is 8.00. The van der Waals surface area contributed by atoms with Crippen LogP contribution in [0.5, 0.6) is 0 Å². The lowest BCUT2D eigenvalue weighted by molar-refractivity contribution is 0.000870. The van der Waals surface area contributed by atoms with E-state index in [0.717, 1.165) is 0 Å². The molecule has 1 fully saturated rings. The van der Waals surface area contributed by atoms with Crippen LogP contribution >= 0.6 is 11.8 Å². The minimum atomic E-state index is -0.938. The molecule has 0 unspecified atom stereocenters. The lowest BCUT2D eigenvalue weighted by Crippen LogP contribution is -2.38. The highest BCUT2D eigenvalue weighted by Gasteiger charge is 2.38. The molecule has 0 aliphatic carbocycles. The molecular formula is C6H12O4S. The monoisotopic (exact) mass is 180 g/mol. The van der Waals surface area contributed by atoms with Gasteiger partial charge in [0, 0.05) is 5.75 Å². The van der Waals surface area contributed by atoms with E-state index in [2.05, 4.69) is 0 Å². The number of aliphatic hydroxyl groups excluding tert-OH is 4. The Kier molecular flexibility index (Phi) is 3.15. The predicted octanol–water partition coefficient (Wildman–Crippen LogP) is -1.82. The summed E-state index contributed by atoms with van der Waals surface area (Å²) in [7, 11) is 0. The molecule has 0 saturated carbocycles. The van der Waals surface area contributed by atoms with Crippen LogP contribution in [0.2, 0.25) is 0 Å². The van der Waals surface area contributed by atoms with E-state index in [1.807, 2.05) is 0 Å². The Labute approximate surface area is 68.9 Å². The first-order valence-corrected chi connectivity index (χ1v) is 4.48. The first kappa shape index (κ1) is 9.28. The van der Waals surface area contributed by atoms with E-state index in [0.29, 0.717) is 5.75 Å². The molecule has 1 heterocycles. The molecule has 0 aromatic heterocycles. The summed E-state index contributed by atoms with van der Waals surface area (Å²) < 4.78 is 0. The number of aliphatic hydroxyl groups is 4. The third-order valence-corrected chi connectivity index (χ3v) is 3.27. The molecule has 1 aliphatic rings. The average molecular weight is 180 g/mol. The van der Waals surface area contributed by atoms with Gasteiger partial charge in [0.1, 0.15) is 0 Å². The molecule has 5 heteroatoms. The Morgan fingerprint density at radius 3 is 2.45 bits per heavy atom. The zero-order valence-corrected chi connectivity index (χ0v) is 6.74. The summed E-state index contributed by atoms with van der Waals surface area (Å²) in [4.78, 5) is 0. The lowest BCUT2D eigenvalue weighted by atomic mass is 10.1. The molecule has 1 rings (SSSR count). The average Bonchev–Trinajstić information content (AvgIpc) is 2.32. The van der Waals surface area contributed by atoms with Gasteiger partial charge >= 0.3 is 0 Å². The lowest BCUT2D eigenvalue weighted by Gasteiger charge is -2.19. The van der Waals surface area contributed by atoms with Crippen molar-refractivity contribution in [3.63, 3.8) is 0 Å². The van der Waals surface area contributed by atoms with Crippen LogP contribution in [0.15, 0.2) is 0 Å². The highest BCUT2D eigenvalue weighted by atomic mass is 32.2. The van der Waals surface area contributed by atoms with Crippen molar-refractivity contribution < 1.29 is 20.4 Å². The quantitative estimate of drug-likeness (QED) is 0.402. The van der Waals surface area contributed by atoms with Crippen LogP contribution in [-0.2, 0) is 0 Å². The molecule has 0 radical (unpaired) electrons. The first-order chi connectivity index (χ1) is 5.16. The van der Waals surface area contributed by atoms with E-state index >= 15 is 0 Å². The normalized spacial score (nSPS) is 40.9. The summed E-state index contributed by atoms with van der Waals surface area (Å²) in [5.41, 5.74) is 0. The van der Waals surface area contributed by atoms with Crippen LogP contribution < -0.4 is 0 Å². The highest BCUT2D eigenvalue weighted by Crippen LogP contribution is 2.29. The summed E-state index contributed by atoms with van der Waals surface area (Å²) >= 11 is 1.28. The summed E-state index contributed by atoms with van der Waals surface area (Å²) in [5.74, 6) is 0.420. The van der Waals surface area contributed by atoms with Gasteiger partial charge in [0.25, 0.3) is 0 Å². The van der Waals surface area contributed by atoms with Gasteiger partial charge in [-0.15, -0.1) is 0 Å². The van der Waals surface area contributed by atoms with Crippen molar-refractivity contribution in [2.45, 2.75) is 23.6 Å². The van der Waals surface area contributed by atoms with Crippen LogP contribution in [0, 0.1) is 0 Å². The Bertz CT molecular complexity index is 132. The fraction of sp³-hybridized carbons (Fsp3) is 1.00. The molecule has 0 amide bonds. The van der Waals surface area contributed by atoms with Gasteiger partial charge in [0.2, 0.25) is 0 Å². The number of rotatable bonds is 2. The maximum absolute atomic E-state index is 9.22. The molecule has 0 aromatic rings. The Hall–Kier alpha value is 0.190. The van der Waals surface area contributed by atoms with Crippen molar-refractivity contribution in [1.29, 1.82) is 0 Å². The van der Waals surface area contributed by atoms with E-state index in [1.54, 1.807) is 0 Å². The van der Waals surface area contributed by atoms with E-state index < -0.39 is 23.6 Å². The SMILES string of the molecule is OC[C@@H](O)[C@@H]1SC[C@@H](O)[C@H]1O. The molecule has 4 atom stereocenters. The third-order valence-electron chi connectivity index (χ3n) is 1.76. The molecule has 4 N–H and O–H groups in total. The Morgan fingerprint density at radius 1 is 1.45 bits per heavy atom. The van der Waals surface area contributed by atoms with Gasteiger partial charge in [-0.2, -0.15) is 11.8 Å². The summed E-state index contributed by atoms with van der Waals surface area (Å²) in [6, 6.07) is 0. The first-order valence-electron chi connectivity index (χ1n) is 3.43. The Morgan fingerprint density at radius 2 is 2.09 bits per heavy atom. The van der Waals surface area contributed by atoms with E-state index in [9.17, 15) is 5.11 Å². The fourth-order valence-corrected chi connectivity index (χ4v) is 2.37. The van der Waals surface area contributed by atoms with Crippen LogP contribution in [0.4, 0.5) is 0 Å². The zero-order chi connectivity index (χ0) is 8.43. The standard InChI is InChI=1S/C6H12O4S/c7-1-3(8)6-5(10)4(9)2-11-6/h3-10H,1-2H2/t3-,4-,5-,6+/m1/s1. The van der Waals surface area contributed by atoms with Crippen LogP contribution in [-0.4, -0.2) is 56.3 Å². The molecule has 0 bridgehead atoms. The second kappa shape index (κ2) is 3.73. The van der Waals surface area contributed by atoms with Crippen LogP contribution in [0.25, 0.3) is 0 Å². The maximum atomic E-state index is 9.22. The summed E-state index contributed by atoms with van der Waals surface area (Å²) in [6.07, 6.45) is -2.62. The summed E-state index contributed by atoms with van der Waals surface area (Å²) in [6.45, 7) is -0.374. The van der Waals surface area contributed by atoms with Crippen molar-refractivity contribution in [2.75, 3.05) is 12.4 Å². The van der Waals surface area contributed by atoms with Crippen molar-refractivity contribution in [3.05, 3.63) is 0 Å². The topological polar surface area (TPSA) is 80.9 Å². The van der Waals surface area contributed by atoms with Gasteiger partial charge in [0.15, 0.2) is 0 Å². The third kappa shape index (κ3) is 1.86. The van der Waals surface area contributed by atoms with Crippen molar-refractivity contribution in [1.82, 2.24) is 0 Å². The second-order valence-corrected chi connectivity index (χ2v) is 3.82. The smallest absolute Gasteiger partial charge is 0.0951 e. The van der Waals surface area contributed by atoms with Gasteiger partial charge in [0.05, 0.1) is 30.2 Å². The maximum Gasteiger partial charge on any atom is 0.0951 e. The van der Waals surface area contributed by atoms with Gasteiger partial charge in [-0.1, -0.05) is 0 Å². The predicted molar refractivity (Wildman–Crippen MR) is 41.4 cm³/mol. The molecular weight excluding hydrogens is 168 g/mol. The van der Waals surface area contributed by atoms with Gasteiger partial charge in [-0.25, -0.2) is 0 Å². The van der Waals surface area contributed by atoms with Gasteiger partial charge in [-0.05, 0) is 0 Å². The molecule has 1 saturated heterocycles. The van der Waals surface area contributed by atoms with E-state index in [1.165, 1.54) is 11.8 Å². The minimum Gasteiger partial charge on any atom is -0.394 e. The molecule has 11 heavy (non-hydrogen) atoms. The number of hydrogen-bond donors (Lipinski definition) is 4. The number of hydrogen-bond acceptors (Lipinski definition) is 5. The van der Waals surface area contributed by atoms with Crippen LogP contribution in [0.3, 0.4) is 0 Å². The molecule has 66 valence electrons. The van der Waals surface area contributed by atoms with E-state index in [4.69, 9.17) is 15.3 Å². The van der Waals surface area contributed by atoms with Crippen molar-refractivity contribution >= 4 is 11.8 Å². The summed E-state index contributed by atoms with van der Waals surface area (Å²) in [5, 5.41) is 35.5. The largest absolute Gasteiger partial charge is 0.394 e. The van der Waals surface area contributed by atoms with Crippen molar-refractivity contribution in [2.24, 2.45) is 0 Å². The van der Waals surface area contributed by atoms with Gasteiger partial charge < -0.3 is 20.4 Å². The Balaban J connectivity index is 2.47. The molecule has 1 aliphatic heterocycles. The van der Waals surface area contributed by atoms with Crippen molar-refractivity contribution in [3.8, 4) is 0 Å².